The maximum absolute atomic E-state index is 12.4. The van der Waals surface area contributed by atoms with E-state index in [0.29, 0.717) is 10.7 Å². The minimum absolute atomic E-state index is 0.349. The van der Waals surface area contributed by atoms with E-state index in [2.05, 4.69) is 4.98 Å². The molecule has 1 aromatic heterocycles. The van der Waals surface area contributed by atoms with Gasteiger partial charge < -0.3 is 5.73 Å². The zero-order chi connectivity index (χ0) is 7.56. The zero-order valence-electron chi connectivity index (χ0n) is 5.47. The Bertz CT molecular complexity index is 239. The Morgan fingerprint density at radius 3 is 2.90 bits per heavy atom. The second-order valence-electron chi connectivity index (χ2n) is 1.74. The summed E-state index contributed by atoms with van der Waals surface area (Å²) >= 11 is 1.38. The SMILES string of the molecule is CSc1cc(F)cnc1N. The van der Waals surface area contributed by atoms with Gasteiger partial charge in [-0.2, -0.15) is 0 Å². The van der Waals surface area contributed by atoms with Crippen LogP contribution in [0.15, 0.2) is 17.2 Å². The molecule has 1 aromatic rings. The van der Waals surface area contributed by atoms with Crippen LogP contribution in [0.3, 0.4) is 0 Å². The largest absolute Gasteiger partial charge is 0.383 e. The van der Waals surface area contributed by atoms with E-state index >= 15 is 0 Å². The molecule has 2 N–H and O–H groups in total. The van der Waals surface area contributed by atoms with E-state index in [0.717, 1.165) is 6.20 Å². The molecule has 0 saturated carbocycles. The van der Waals surface area contributed by atoms with Crippen LogP contribution >= 0.6 is 11.8 Å². The summed E-state index contributed by atoms with van der Waals surface area (Å²) in [6.07, 6.45) is 2.93. The topological polar surface area (TPSA) is 38.9 Å². The van der Waals surface area contributed by atoms with Gasteiger partial charge in [0.05, 0.1) is 11.1 Å². The van der Waals surface area contributed by atoms with E-state index in [1.54, 1.807) is 0 Å². The van der Waals surface area contributed by atoms with Crippen LogP contribution in [0, 0.1) is 5.82 Å². The van der Waals surface area contributed by atoms with E-state index in [-0.39, 0.29) is 5.82 Å². The molecule has 0 amide bonds. The smallest absolute Gasteiger partial charge is 0.142 e. The lowest BCUT2D eigenvalue weighted by atomic mass is 10.4. The number of thioether (sulfide) groups is 1. The van der Waals surface area contributed by atoms with Crippen molar-refractivity contribution in [3.05, 3.63) is 18.1 Å². The standard InChI is InChI=1S/C6H7FN2S/c1-10-5-2-4(7)3-9-6(5)8/h2-3H,1H3,(H2,8,9). The number of hydrogen-bond acceptors (Lipinski definition) is 3. The van der Waals surface area contributed by atoms with Crippen LogP contribution in [0.1, 0.15) is 0 Å². The van der Waals surface area contributed by atoms with Crippen LogP contribution in [0.2, 0.25) is 0 Å². The number of nitrogens with zero attached hydrogens (tertiary/aromatic N) is 1. The molecular weight excluding hydrogens is 151 g/mol. The van der Waals surface area contributed by atoms with Gasteiger partial charge in [-0.1, -0.05) is 0 Å². The van der Waals surface area contributed by atoms with Crippen molar-refractivity contribution in [1.29, 1.82) is 0 Å². The molecule has 0 fully saturated rings. The first kappa shape index (κ1) is 7.34. The molecule has 0 radical (unpaired) electrons. The molecule has 1 heterocycles. The average molecular weight is 158 g/mol. The molecule has 54 valence electrons. The van der Waals surface area contributed by atoms with E-state index in [1.807, 2.05) is 6.26 Å². The summed E-state index contributed by atoms with van der Waals surface area (Å²) in [7, 11) is 0. The Hall–Kier alpha value is -0.770. The predicted octanol–water partition coefficient (Wildman–Crippen LogP) is 1.52. The lowest BCUT2D eigenvalue weighted by Gasteiger charge is -1.98. The second-order valence-corrected chi connectivity index (χ2v) is 2.59. The van der Waals surface area contributed by atoms with Crippen molar-refractivity contribution in [3.8, 4) is 0 Å². The van der Waals surface area contributed by atoms with E-state index in [9.17, 15) is 4.39 Å². The number of nitrogens with two attached hydrogens (primary N) is 1. The normalized spacial score (nSPS) is 9.80. The Kier molecular flexibility index (Phi) is 2.11. The maximum Gasteiger partial charge on any atom is 0.142 e. The van der Waals surface area contributed by atoms with Crippen LogP contribution in [0.4, 0.5) is 10.2 Å². The molecule has 0 aliphatic heterocycles. The van der Waals surface area contributed by atoms with E-state index in [1.165, 1.54) is 17.8 Å². The second kappa shape index (κ2) is 2.88. The number of anilines is 1. The molecule has 0 aliphatic rings. The molecule has 4 heteroatoms. The summed E-state index contributed by atoms with van der Waals surface area (Å²) in [5.74, 6) is 0.0347. The van der Waals surface area contributed by atoms with Crippen molar-refractivity contribution in [3.63, 3.8) is 0 Å². The van der Waals surface area contributed by atoms with Crippen molar-refractivity contribution < 1.29 is 4.39 Å². The van der Waals surface area contributed by atoms with Gasteiger partial charge in [0, 0.05) is 0 Å². The molecule has 0 spiro atoms. The van der Waals surface area contributed by atoms with Gasteiger partial charge in [-0.3, -0.25) is 0 Å². The highest BCUT2D eigenvalue weighted by molar-refractivity contribution is 7.98. The third kappa shape index (κ3) is 1.39. The van der Waals surface area contributed by atoms with Crippen LogP contribution in [0.5, 0.6) is 0 Å². The Labute approximate surface area is 62.6 Å². The Morgan fingerprint density at radius 2 is 2.40 bits per heavy atom. The number of rotatable bonds is 1. The third-order valence-electron chi connectivity index (χ3n) is 1.07. The molecule has 0 atom stereocenters. The van der Waals surface area contributed by atoms with Gasteiger partial charge in [-0.15, -0.1) is 11.8 Å². The summed E-state index contributed by atoms with van der Waals surface area (Å²) < 4.78 is 12.4. The number of hydrogen-bond donors (Lipinski definition) is 1. The fourth-order valence-corrected chi connectivity index (χ4v) is 1.09. The van der Waals surface area contributed by atoms with Crippen molar-refractivity contribution in [2.24, 2.45) is 0 Å². The van der Waals surface area contributed by atoms with Gasteiger partial charge in [0.25, 0.3) is 0 Å². The summed E-state index contributed by atoms with van der Waals surface area (Å²) in [4.78, 5) is 4.31. The lowest BCUT2D eigenvalue weighted by molar-refractivity contribution is 0.618. The molecule has 0 saturated heterocycles. The van der Waals surface area contributed by atoms with Gasteiger partial charge in [0.15, 0.2) is 0 Å². The first-order valence-electron chi connectivity index (χ1n) is 2.69. The Balaban J connectivity index is 3.09. The molecule has 2 nitrogen and oxygen atoms in total. The van der Waals surface area contributed by atoms with Crippen molar-refractivity contribution in [2.75, 3.05) is 12.0 Å². The molecule has 10 heavy (non-hydrogen) atoms. The highest BCUT2D eigenvalue weighted by atomic mass is 32.2. The lowest BCUT2D eigenvalue weighted by Crippen LogP contribution is -1.92. The van der Waals surface area contributed by atoms with Crippen LogP contribution < -0.4 is 5.73 Å². The number of halogens is 1. The summed E-state index contributed by atoms with van der Waals surface area (Å²) in [5, 5.41) is 0. The maximum atomic E-state index is 12.4. The summed E-state index contributed by atoms with van der Waals surface area (Å²) in [5.41, 5.74) is 5.40. The number of aromatic nitrogens is 1. The molecule has 0 unspecified atom stereocenters. The van der Waals surface area contributed by atoms with Crippen LogP contribution in [-0.2, 0) is 0 Å². The number of nitrogen functional groups attached to an aromatic ring is 1. The average Bonchev–Trinajstić information content (AvgIpc) is 1.94. The van der Waals surface area contributed by atoms with Gasteiger partial charge >= 0.3 is 0 Å². The molecule has 0 aromatic carbocycles. The van der Waals surface area contributed by atoms with Gasteiger partial charge in [-0.05, 0) is 12.3 Å². The highest BCUT2D eigenvalue weighted by Gasteiger charge is 1.98. The number of pyridine rings is 1. The molecular formula is C6H7FN2S. The van der Waals surface area contributed by atoms with Crippen LogP contribution in [0.25, 0.3) is 0 Å². The Morgan fingerprint density at radius 1 is 1.70 bits per heavy atom. The third-order valence-corrected chi connectivity index (χ3v) is 1.84. The van der Waals surface area contributed by atoms with Crippen molar-refractivity contribution in [1.82, 2.24) is 4.98 Å². The monoisotopic (exact) mass is 158 g/mol. The minimum Gasteiger partial charge on any atom is -0.383 e. The first-order chi connectivity index (χ1) is 4.74. The van der Waals surface area contributed by atoms with Gasteiger partial charge in [0.2, 0.25) is 0 Å². The summed E-state index contributed by atoms with van der Waals surface area (Å²) in [6, 6.07) is 1.37. The zero-order valence-corrected chi connectivity index (χ0v) is 6.28. The highest BCUT2D eigenvalue weighted by Crippen LogP contribution is 2.20. The fourth-order valence-electron chi connectivity index (χ4n) is 0.595. The van der Waals surface area contributed by atoms with Crippen LogP contribution in [-0.4, -0.2) is 11.2 Å². The van der Waals surface area contributed by atoms with Gasteiger partial charge in [-0.25, -0.2) is 9.37 Å². The fraction of sp³-hybridized carbons (Fsp3) is 0.167. The summed E-state index contributed by atoms with van der Waals surface area (Å²) in [6.45, 7) is 0. The molecule has 0 bridgehead atoms. The van der Waals surface area contributed by atoms with Crippen molar-refractivity contribution in [2.45, 2.75) is 4.90 Å². The molecule has 1 rings (SSSR count). The van der Waals surface area contributed by atoms with Gasteiger partial charge in [0.1, 0.15) is 11.6 Å². The van der Waals surface area contributed by atoms with E-state index < -0.39 is 0 Å². The predicted molar refractivity (Wildman–Crippen MR) is 40.4 cm³/mol. The van der Waals surface area contributed by atoms with E-state index in [4.69, 9.17) is 5.73 Å². The minimum atomic E-state index is -0.349. The quantitative estimate of drug-likeness (QED) is 0.630. The molecule has 0 aliphatic carbocycles. The first-order valence-corrected chi connectivity index (χ1v) is 3.91. The van der Waals surface area contributed by atoms with Crippen molar-refractivity contribution >= 4 is 17.6 Å².